The lowest BCUT2D eigenvalue weighted by atomic mass is 10.1. The molecule has 1 rings (SSSR count). The van der Waals surface area contributed by atoms with Crippen LogP contribution in [0.4, 0.5) is 0 Å². The molecule has 0 aliphatic carbocycles. The molecule has 0 bridgehead atoms. The van der Waals surface area contributed by atoms with Crippen LogP contribution in [0.5, 0.6) is 11.5 Å². The molecule has 3 nitrogen and oxygen atoms in total. The minimum atomic E-state index is 0.127. The molecule has 16 heavy (non-hydrogen) atoms. The van der Waals surface area contributed by atoms with Gasteiger partial charge in [0.1, 0.15) is 0 Å². The summed E-state index contributed by atoms with van der Waals surface area (Å²) in [4.78, 5) is 0. The maximum atomic E-state index is 8.83. The Morgan fingerprint density at radius 3 is 2.62 bits per heavy atom. The predicted octanol–water partition coefficient (Wildman–Crippen LogP) is 2.41. The molecule has 0 aromatic heterocycles. The van der Waals surface area contributed by atoms with Crippen LogP contribution in [0.15, 0.2) is 18.2 Å². The highest BCUT2D eigenvalue weighted by molar-refractivity contribution is 5.46. The van der Waals surface area contributed by atoms with E-state index in [0.29, 0.717) is 0 Å². The number of para-hydroxylation sites is 1. The topological polar surface area (TPSA) is 38.7 Å². The van der Waals surface area contributed by atoms with Crippen LogP contribution in [0.2, 0.25) is 0 Å². The van der Waals surface area contributed by atoms with Gasteiger partial charge in [-0.2, -0.15) is 0 Å². The van der Waals surface area contributed by atoms with E-state index in [1.165, 1.54) is 0 Å². The van der Waals surface area contributed by atoms with E-state index in [9.17, 15) is 0 Å². The standard InChI is InChI=1S/C13H20O3/c1-10(2)16-12-8-4-6-11(7-5-9-14)13(12)15-3/h4,6,8,10,14H,5,7,9H2,1-3H3. The molecule has 1 aromatic carbocycles. The van der Waals surface area contributed by atoms with Crippen molar-refractivity contribution in [1.29, 1.82) is 0 Å². The molecule has 1 aromatic rings. The normalized spacial score (nSPS) is 10.6. The summed E-state index contributed by atoms with van der Waals surface area (Å²) in [6.07, 6.45) is 1.66. The minimum absolute atomic E-state index is 0.127. The van der Waals surface area contributed by atoms with Gasteiger partial charge >= 0.3 is 0 Å². The zero-order valence-corrected chi connectivity index (χ0v) is 10.2. The number of methoxy groups -OCH3 is 1. The summed E-state index contributed by atoms with van der Waals surface area (Å²) in [5.74, 6) is 1.55. The Hall–Kier alpha value is -1.22. The van der Waals surface area contributed by atoms with Crippen LogP contribution in [0, 0.1) is 0 Å². The lowest BCUT2D eigenvalue weighted by Crippen LogP contribution is -2.07. The maximum absolute atomic E-state index is 8.83. The lowest BCUT2D eigenvalue weighted by Gasteiger charge is -2.16. The smallest absolute Gasteiger partial charge is 0.163 e. The Labute approximate surface area is 97.0 Å². The summed E-state index contributed by atoms with van der Waals surface area (Å²) in [7, 11) is 1.64. The van der Waals surface area contributed by atoms with Crippen LogP contribution >= 0.6 is 0 Å². The highest BCUT2D eigenvalue weighted by Crippen LogP contribution is 2.32. The first-order valence-electron chi connectivity index (χ1n) is 5.62. The van der Waals surface area contributed by atoms with Crippen LogP contribution in [-0.2, 0) is 6.42 Å². The molecule has 0 unspecified atom stereocenters. The predicted molar refractivity (Wildman–Crippen MR) is 64.2 cm³/mol. The largest absolute Gasteiger partial charge is 0.493 e. The third kappa shape index (κ3) is 3.42. The van der Waals surface area contributed by atoms with E-state index >= 15 is 0 Å². The van der Waals surface area contributed by atoms with Crippen LogP contribution < -0.4 is 9.47 Å². The number of hydrogen-bond acceptors (Lipinski definition) is 3. The van der Waals surface area contributed by atoms with Crippen molar-refractivity contribution < 1.29 is 14.6 Å². The van der Waals surface area contributed by atoms with E-state index in [0.717, 1.165) is 29.9 Å². The third-order valence-corrected chi connectivity index (χ3v) is 2.23. The van der Waals surface area contributed by atoms with Gasteiger partial charge in [-0.25, -0.2) is 0 Å². The van der Waals surface area contributed by atoms with Crippen molar-refractivity contribution in [2.75, 3.05) is 13.7 Å². The number of aliphatic hydroxyl groups excluding tert-OH is 1. The van der Waals surface area contributed by atoms with Gasteiger partial charge in [0.05, 0.1) is 13.2 Å². The van der Waals surface area contributed by atoms with Crippen LogP contribution in [0.1, 0.15) is 25.8 Å². The summed E-state index contributed by atoms with van der Waals surface area (Å²) in [5.41, 5.74) is 1.08. The quantitative estimate of drug-likeness (QED) is 0.806. The molecule has 0 fully saturated rings. The van der Waals surface area contributed by atoms with Gasteiger partial charge in [0.25, 0.3) is 0 Å². The van der Waals surface area contributed by atoms with Gasteiger partial charge in [-0.3, -0.25) is 0 Å². The monoisotopic (exact) mass is 224 g/mol. The summed E-state index contributed by atoms with van der Waals surface area (Å²) in [5, 5.41) is 8.83. The molecule has 0 spiro atoms. The van der Waals surface area contributed by atoms with Crippen molar-refractivity contribution in [3.63, 3.8) is 0 Å². The highest BCUT2D eigenvalue weighted by atomic mass is 16.5. The molecular formula is C13H20O3. The number of hydrogen-bond donors (Lipinski definition) is 1. The fraction of sp³-hybridized carbons (Fsp3) is 0.538. The Balaban J connectivity index is 2.91. The van der Waals surface area contributed by atoms with Crippen molar-refractivity contribution in [3.05, 3.63) is 23.8 Å². The molecule has 0 saturated carbocycles. The first kappa shape index (κ1) is 12.8. The van der Waals surface area contributed by atoms with Crippen molar-refractivity contribution in [2.45, 2.75) is 32.8 Å². The second-order valence-electron chi connectivity index (χ2n) is 3.94. The average Bonchev–Trinajstić information content (AvgIpc) is 2.25. The Kier molecular flexibility index (Phi) is 5.12. The lowest BCUT2D eigenvalue weighted by molar-refractivity contribution is 0.229. The Morgan fingerprint density at radius 1 is 1.31 bits per heavy atom. The van der Waals surface area contributed by atoms with E-state index < -0.39 is 0 Å². The van der Waals surface area contributed by atoms with Crippen molar-refractivity contribution >= 4 is 0 Å². The number of aryl methyl sites for hydroxylation is 1. The average molecular weight is 224 g/mol. The first-order chi connectivity index (χ1) is 7.69. The van der Waals surface area contributed by atoms with Crippen molar-refractivity contribution in [3.8, 4) is 11.5 Å². The number of ether oxygens (including phenoxy) is 2. The zero-order valence-electron chi connectivity index (χ0n) is 10.2. The fourth-order valence-electron chi connectivity index (χ4n) is 1.61. The molecular weight excluding hydrogens is 204 g/mol. The molecule has 3 heteroatoms. The summed E-state index contributed by atoms with van der Waals surface area (Å²) >= 11 is 0. The van der Waals surface area contributed by atoms with Crippen LogP contribution in [-0.4, -0.2) is 24.9 Å². The SMILES string of the molecule is COc1c(CCCO)cccc1OC(C)C. The molecule has 0 saturated heterocycles. The molecule has 0 amide bonds. The first-order valence-corrected chi connectivity index (χ1v) is 5.62. The molecule has 0 aliphatic heterocycles. The molecule has 0 aliphatic rings. The highest BCUT2D eigenvalue weighted by Gasteiger charge is 2.10. The van der Waals surface area contributed by atoms with Gasteiger partial charge in [-0.15, -0.1) is 0 Å². The summed E-state index contributed by atoms with van der Waals surface area (Å²) in [6, 6.07) is 5.86. The van der Waals surface area contributed by atoms with E-state index in [-0.39, 0.29) is 12.7 Å². The number of aliphatic hydroxyl groups is 1. The molecule has 0 heterocycles. The zero-order chi connectivity index (χ0) is 12.0. The van der Waals surface area contributed by atoms with Crippen molar-refractivity contribution in [1.82, 2.24) is 0 Å². The molecule has 0 atom stereocenters. The van der Waals surface area contributed by atoms with E-state index in [1.807, 2.05) is 32.0 Å². The second-order valence-corrected chi connectivity index (χ2v) is 3.94. The Bertz CT molecular complexity index is 321. The van der Waals surface area contributed by atoms with Gasteiger partial charge in [0, 0.05) is 6.61 Å². The van der Waals surface area contributed by atoms with E-state index in [4.69, 9.17) is 14.6 Å². The van der Waals surface area contributed by atoms with Gasteiger partial charge < -0.3 is 14.6 Å². The number of benzene rings is 1. The minimum Gasteiger partial charge on any atom is -0.493 e. The van der Waals surface area contributed by atoms with Crippen molar-refractivity contribution in [2.24, 2.45) is 0 Å². The molecule has 1 N–H and O–H groups in total. The van der Waals surface area contributed by atoms with Gasteiger partial charge in [-0.05, 0) is 38.3 Å². The van der Waals surface area contributed by atoms with Gasteiger partial charge in [-0.1, -0.05) is 12.1 Å². The summed E-state index contributed by atoms with van der Waals surface area (Å²) in [6.45, 7) is 4.16. The molecule has 0 radical (unpaired) electrons. The fourth-order valence-corrected chi connectivity index (χ4v) is 1.61. The third-order valence-electron chi connectivity index (χ3n) is 2.23. The Morgan fingerprint density at radius 2 is 2.06 bits per heavy atom. The van der Waals surface area contributed by atoms with E-state index in [1.54, 1.807) is 7.11 Å². The molecule has 90 valence electrons. The second kappa shape index (κ2) is 6.38. The number of rotatable bonds is 6. The van der Waals surface area contributed by atoms with Crippen LogP contribution in [0.3, 0.4) is 0 Å². The van der Waals surface area contributed by atoms with E-state index in [2.05, 4.69) is 0 Å². The maximum Gasteiger partial charge on any atom is 0.163 e. The van der Waals surface area contributed by atoms with Crippen LogP contribution in [0.25, 0.3) is 0 Å². The summed E-state index contributed by atoms with van der Waals surface area (Å²) < 4.78 is 11.0. The van der Waals surface area contributed by atoms with Gasteiger partial charge in [0.2, 0.25) is 0 Å². The van der Waals surface area contributed by atoms with Gasteiger partial charge in [0.15, 0.2) is 11.5 Å².